The molecule has 2 heterocycles. The van der Waals surface area contributed by atoms with E-state index in [-0.39, 0.29) is 17.6 Å². The molecule has 1 aromatic heterocycles. The summed E-state index contributed by atoms with van der Waals surface area (Å²) < 4.78 is 0. The third-order valence-electron chi connectivity index (χ3n) is 4.55. The van der Waals surface area contributed by atoms with Crippen molar-refractivity contribution in [2.75, 3.05) is 13.1 Å². The summed E-state index contributed by atoms with van der Waals surface area (Å²) >= 11 is 0. The van der Waals surface area contributed by atoms with Crippen LogP contribution in [0.2, 0.25) is 0 Å². The number of Topliss-reactive ketones (excluding diaryl/α,β-unsaturated/α-hetero) is 1. The molecule has 0 saturated carbocycles. The second-order valence-corrected chi connectivity index (χ2v) is 6.59. The van der Waals surface area contributed by atoms with Crippen molar-refractivity contribution >= 4 is 11.7 Å². The summed E-state index contributed by atoms with van der Waals surface area (Å²) in [5.41, 5.74) is 2.45. The standard InChI is InChI=1S/C19H27N3O2/c1-4-16-8-9-17(21-20-16)19(24)15-10-12-22(13-11-15)18(23)7-5-6-14(2)3/h8-9,15H,2,4-7,10-13H2,1,3H3. The molecule has 24 heavy (non-hydrogen) atoms. The van der Waals surface area contributed by atoms with Gasteiger partial charge >= 0.3 is 0 Å². The van der Waals surface area contributed by atoms with Gasteiger partial charge in [0.25, 0.3) is 0 Å². The van der Waals surface area contributed by atoms with Crippen LogP contribution in [0.5, 0.6) is 0 Å². The van der Waals surface area contributed by atoms with Crippen molar-refractivity contribution in [2.45, 2.75) is 52.4 Å². The van der Waals surface area contributed by atoms with Gasteiger partial charge in [-0.2, -0.15) is 5.10 Å². The van der Waals surface area contributed by atoms with Crippen LogP contribution in [0.4, 0.5) is 0 Å². The highest BCUT2D eigenvalue weighted by molar-refractivity contribution is 5.96. The van der Waals surface area contributed by atoms with E-state index in [1.807, 2.05) is 24.8 Å². The number of piperidine rings is 1. The number of hydrogen-bond acceptors (Lipinski definition) is 4. The number of carbonyl (C=O) groups is 2. The maximum atomic E-state index is 12.5. The Morgan fingerprint density at radius 3 is 2.46 bits per heavy atom. The second kappa shape index (κ2) is 8.71. The van der Waals surface area contributed by atoms with Crippen LogP contribution in [0.25, 0.3) is 0 Å². The molecule has 1 aliphatic rings. The zero-order chi connectivity index (χ0) is 17.5. The Kier molecular flexibility index (Phi) is 6.64. The lowest BCUT2D eigenvalue weighted by atomic mass is 9.90. The SMILES string of the molecule is C=C(C)CCCC(=O)N1CCC(C(=O)c2ccc(CC)nn2)CC1. The number of allylic oxidation sites excluding steroid dienone is 1. The van der Waals surface area contributed by atoms with Crippen molar-refractivity contribution in [1.29, 1.82) is 0 Å². The summed E-state index contributed by atoms with van der Waals surface area (Å²) in [5, 5.41) is 8.11. The van der Waals surface area contributed by atoms with E-state index in [4.69, 9.17) is 0 Å². The number of aromatic nitrogens is 2. The molecule has 0 N–H and O–H groups in total. The van der Waals surface area contributed by atoms with Crippen molar-refractivity contribution in [1.82, 2.24) is 15.1 Å². The zero-order valence-electron chi connectivity index (χ0n) is 14.8. The number of hydrogen-bond donors (Lipinski definition) is 0. The molecule has 0 radical (unpaired) electrons. The highest BCUT2D eigenvalue weighted by Gasteiger charge is 2.28. The molecule has 130 valence electrons. The first-order valence-corrected chi connectivity index (χ1v) is 8.80. The monoisotopic (exact) mass is 329 g/mol. The average molecular weight is 329 g/mol. The minimum atomic E-state index is -0.0498. The van der Waals surface area contributed by atoms with E-state index in [2.05, 4.69) is 16.8 Å². The van der Waals surface area contributed by atoms with Gasteiger partial charge in [0, 0.05) is 25.4 Å². The summed E-state index contributed by atoms with van der Waals surface area (Å²) in [7, 11) is 0. The van der Waals surface area contributed by atoms with Gasteiger partial charge in [-0.05, 0) is 51.2 Å². The third kappa shape index (κ3) is 4.98. The molecule has 1 amide bonds. The van der Waals surface area contributed by atoms with Crippen molar-refractivity contribution in [2.24, 2.45) is 5.92 Å². The van der Waals surface area contributed by atoms with E-state index in [1.54, 1.807) is 6.07 Å². The highest BCUT2D eigenvalue weighted by Crippen LogP contribution is 2.22. The van der Waals surface area contributed by atoms with Crippen molar-refractivity contribution in [3.63, 3.8) is 0 Å². The van der Waals surface area contributed by atoms with Gasteiger partial charge in [-0.1, -0.05) is 12.5 Å². The normalized spacial score (nSPS) is 15.3. The van der Waals surface area contributed by atoms with Gasteiger partial charge in [-0.15, -0.1) is 11.7 Å². The van der Waals surface area contributed by atoms with Crippen LogP contribution >= 0.6 is 0 Å². The Bertz CT molecular complexity index is 587. The number of rotatable bonds is 7. The van der Waals surface area contributed by atoms with Gasteiger partial charge < -0.3 is 4.90 Å². The van der Waals surface area contributed by atoms with E-state index in [9.17, 15) is 9.59 Å². The smallest absolute Gasteiger partial charge is 0.222 e. The number of likely N-dealkylation sites (tertiary alicyclic amines) is 1. The Hall–Kier alpha value is -2.04. The summed E-state index contributed by atoms with van der Waals surface area (Å²) in [4.78, 5) is 26.6. The molecule has 1 aromatic rings. The number of nitrogens with zero attached hydrogens (tertiary/aromatic N) is 3. The molecule has 1 fully saturated rings. The minimum absolute atomic E-state index is 0.0498. The molecular weight excluding hydrogens is 302 g/mol. The van der Waals surface area contributed by atoms with E-state index >= 15 is 0 Å². The van der Waals surface area contributed by atoms with Crippen LogP contribution in [0.1, 0.15) is 62.1 Å². The Morgan fingerprint density at radius 2 is 1.92 bits per heavy atom. The number of aryl methyl sites for hydroxylation is 1. The first-order valence-electron chi connectivity index (χ1n) is 8.80. The lowest BCUT2D eigenvalue weighted by Crippen LogP contribution is -2.40. The molecule has 0 spiro atoms. The van der Waals surface area contributed by atoms with E-state index in [0.717, 1.165) is 30.5 Å². The lowest BCUT2D eigenvalue weighted by Gasteiger charge is -2.31. The first kappa shape index (κ1) is 18.3. The summed E-state index contributed by atoms with van der Waals surface area (Å²) in [6.45, 7) is 9.16. The first-order chi connectivity index (χ1) is 11.5. The maximum Gasteiger partial charge on any atom is 0.222 e. The van der Waals surface area contributed by atoms with E-state index in [0.29, 0.717) is 38.0 Å². The largest absolute Gasteiger partial charge is 0.343 e. The van der Waals surface area contributed by atoms with E-state index < -0.39 is 0 Å². The molecule has 1 aliphatic heterocycles. The third-order valence-corrected chi connectivity index (χ3v) is 4.55. The molecule has 5 nitrogen and oxygen atoms in total. The van der Waals surface area contributed by atoms with Crippen LogP contribution in [-0.2, 0) is 11.2 Å². The summed E-state index contributed by atoms with van der Waals surface area (Å²) in [6, 6.07) is 3.63. The number of carbonyl (C=O) groups excluding carboxylic acids is 2. The van der Waals surface area contributed by atoms with Gasteiger partial charge in [-0.3, -0.25) is 9.59 Å². The molecule has 0 unspecified atom stereocenters. The van der Waals surface area contributed by atoms with Gasteiger partial charge in [0.2, 0.25) is 5.91 Å². The van der Waals surface area contributed by atoms with Crippen LogP contribution in [0.15, 0.2) is 24.3 Å². The van der Waals surface area contributed by atoms with Gasteiger partial charge in [-0.25, -0.2) is 0 Å². The predicted molar refractivity (Wildman–Crippen MR) is 93.7 cm³/mol. The van der Waals surface area contributed by atoms with Crippen molar-refractivity contribution in [3.05, 3.63) is 35.7 Å². The Labute approximate surface area is 144 Å². The highest BCUT2D eigenvalue weighted by atomic mass is 16.2. The summed E-state index contributed by atoms with van der Waals surface area (Å²) in [5.74, 6) is 0.194. The summed E-state index contributed by atoms with van der Waals surface area (Å²) in [6.07, 6.45) is 4.55. The van der Waals surface area contributed by atoms with Crippen molar-refractivity contribution in [3.8, 4) is 0 Å². The molecule has 0 aromatic carbocycles. The zero-order valence-corrected chi connectivity index (χ0v) is 14.8. The molecule has 0 aliphatic carbocycles. The lowest BCUT2D eigenvalue weighted by molar-refractivity contribution is -0.132. The van der Waals surface area contributed by atoms with Crippen LogP contribution in [0.3, 0.4) is 0 Å². The molecule has 0 bridgehead atoms. The van der Waals surface area contributed by atoms with Crippen LogP contribution < -0.4 is 0 Å². The van der Waals surface area contributed by atoms with Gasteiger partial charge in [0.1, 0.15) is 5.69 Å². The fourth-order valence-electron chi connectivity index (χ4n) is 2.98. The fraction of sp³-hybridized carbons (Fsp3) is 0.579. The molecule has 1 saturated heterocycles. The van der Waals surface area contributed by atoms with Crippen LogP contribution in [0, 0.1) is 5.92 Å². The maximum absolute atomic E-state index is 12.5. The van der Waals surface area contributed by atoms with Crippen LogP contribution in [-0.4, -0.2) is 39.9 Å². The topological polar surface area (TPSA) is 63.2 Å². The van der Waals surface area contributed by atoms with Crippen molar-refractivity contribution < 1.29 is 9.59 Å². The number of ketones is 1. The number of amides is 1. The van der Waals surface area contributed by atoms with E-state index in [1.165, 1.54) is 0 Å². The van der Waals surface area contributed by atoms with Gasteiger partial charge in [0.15, 0.2) is 5.78 Å². The minimum Gasteiger partial charge on any atom is -0.343 e. The molecule has 5 heteroatoms. The Morgan fingerprint density at radius 1 is 1.21 bits per heavy atom. The van der Waals surface area contributed by atoms with Gasteiger partial charge in [0.05, 0.1) is 5.69 Å². The Balaban J connectivity index is 1.81. The average Bonchev–Trinajstić information content (AvgIpc) is 2.61. The quantitative estimate of drug-likeness (QED) is 0.569. The molecule has 2 rings (SSSR count). The molecular formula is C19H27N3O2. The second-order valence-electron chi connectivity index (χ2n) is 6.59. The fourth-order valence-corrected chi connectivity index (χ4v) is 2.98. The predicted octanol–water partition coefficient (Wildman–Crippen LogP) is 3.21. The molecule has 0 atom stereocenters.